The first-order valence-corrected chi connectivity index (χ1v) is 8.09. The molecular weight excluding hydrogens is 310 g/mol. The number of hydrogen-bond donors (Lipinski definition) is 0. The second-order valence-electron chi connectivity index (χ2n) is 5.15. The van der Waals surface area contributed by atoms with E-state index in [1.807, 2.05) is 47.0 Å². The Balaban J connectivity index is 1.87. The summed E-state index contributed by atoms with van der Waals surface area (Å²) < 4.78 is 3.46. The van der Waals surface area contributed by atoms with Crippen LogP contribution in [0.1, 0.15) is 5.56 Å². The summed E-state index contributed by atoms with van der Waals surface area (Å²) in [7, 11) is 1.72. The fourth-order valence-corrected chi connectivity index (χ4v) is 3.41. The second-order valence-corrected chi connectivity index (χ2v) is 6.09. The number of thioether (sulfide) groups is 1. The number of hydrogen-bond acceptors (Lipinski definition) is 5. The van der Waals surface area contributed by atoms with Crippen molar-refractivity contribution in [2.75, 3.05) is 0 Å². The summed E-state index contributed by atoms with van der Waals surface area (Å²) >= 11 is 1.57. The molecule has 3 heterocycles. The molecular formula is C16H13N5OS. The molecule has 4 aromatic rings. The Labute approximate surface area is 135 Å². The normalized spacial score (nSPS) is 11.3. The van der Waals surface area contributed by atoms with E-state index in [0.29, 0.717) is 11.2 Å². The van der Waals surface area contributed by atoms with E-state index in [4.69, 9.17) is 0 Å². The fourth-order valence-electron chi connectivity index (χ4n) is 2.54. The molecule has 0 unspecified atom stereocenters. The van der Waals surface area contributed by atoms with Crippen molar-refractivity contribution in [1.82, 2.24) is 24.1 Å². The second kappa shape index (κ2) is 5.51. The summed E-state index contributed by atoms with van der Waals surface area (Å²) in [5.74, 6) is 1.29. The topological polar surface area (TPSA) is 65.1 Å². The third-order valence-corrected chi connectivity index (χ3v) is 4.69. The number of aromatic nitrogens is 5. The van der Waals surface area contributed by atoms with Crippen LogP contribution in [0.15, 0.2) is 58.7 Å². The summed E-state index contributed by atoms with van der Waals surface area (Å²) in [6, 6.07) is 11.5. The minimum Gasteiger partial charge on any atom is -0.279 e. The monoisotopic (exact) mass is 323 g/mol. The molecule has 0 spiro atoms. The molecule has 4 rings (SSSR count). The van der Waals surface area contributed by atoms with Gasteiger partial charge in [-0.3, -0.25) is 18.7 Å². The van der Waals surface area contributed by atoms with Crippen LogP contribution in [-0.4, -0.2) is 24.1 Å². The molecule has 23 heavy (non-hydrogen) atoms. The van der Waals surface area contributed by atoms with Gasteiger partial charge in [0.1, 0.15) is 0 Å². The number of fused-ring (bicyclic) bond motifs is 3. The molecule has 0 radical (unpaired) electrons. The first-order valence-electron chi connectivity index (χ1n) is 7.10. The van der Waals surface area contributed by atoms with Crippen molar-refractivity contribution >= 4 is 28.4 Å². The smallest absolute Gasteiger partial charge is 0.262 e. The molecule has 3 aromatic heterocycles. The van der Waals surface area contributed by atoms with E-state index in [2.05, 4.69) is 15.2 Å². The van der Waals surface area contributed by atoms with E-state index in [-0.39, 0.29) is 5.56 Å². The zero-order valence-corrected chi connectivity index (χ0v) is 13.2. The number of nitrogens with zero attached hydrogens (tertiary/aromatic N) is 5. The molecule has 1 aromatic carbocycles. The van der Waals surface area contributed by atoms with Crippen LogP contribution in [0.4, 0.5) is 0 Å². The van der Waals surface area contributed by atoms with E-state index in [0.717, 1.165) is 22.0 Å². The Morgan fingerprint density at radius 3 is 2.83 bits per heavy atom. The molecule has 0 bridgehead atoms. The first kappa shape index (κ1) is 14.0. The maximum Gasteiger partial charge on any atom is 0.262 e. The van der Waals surface area contributed by atoms with Gasteiger partial charge in [0.25, 0.3) is 5.56 Å². The Morgan fingerprint density at radius 1 is 1.13 bits per heavy atom. The van der Waals surface area contributed by atoms with Crippen LogP contribution in [0.3, 0.4) is 0 Å². The van der Waals surface area contributed by atoms with E-state index in [1.165, 1.54) is 4.57 Å². The van der Waals surface area contributed by atoms with Crippen molar-refractivity contribution in [1.29, 1.82) is 0 Å². The van der Waals surface area contributed by atoms with Crippen molar-refractivity contribution in [2.24, 2.45) is 7.05 Å². The predicted octanol–water partition coefficient (Wildman–Crippen LogP) is 2.27. The Hall–Kier alpha value is -2.67. The van der Waals surface area contributed by atoms with Crippen molar-refractivity contribution in [3.05, 3.63) is 64.7 Å². The van der Waals surface area contributed by atoms with E-state index >= 15 is 0 Å². The van der Waals surface area contributed by atoms with Gasteiger partial charge in [0.05, 0.1) is 10.9 Å². The Morgan fingerprint density at radius 2 is 2.00 bits per heavy atom. The third kappa shape index (κ3) is 2.29. The van der Waals surface area contributed by atoms with Crippen molar-refractivity contribution in [2.45, 2.75) is 10.9 Å². The highest BCUT2D eigenvalue weighted by molar-refractivity contribution is 7.98. The molecule has 0 aliphatic heterocycles. The van der Waals surface area contributed by atoms with Gasteiger partial charge in [-0.05, 0) is 23.8 Å². The van der Waals surface area contributed by atoms with Crippen LogP contribution in [0.2, 0.25) is 0 Å². The summed E-state index contributed by atoms with van der Waals surface area (Å²) in [4.78, 5) is 16.5. The van der Waals surface area contributed by atoms with Crippen LogP contribution >= 0.6 is 11.8 Å². The highest BCUT2D eigenvalue weighted by Gasteiger charge is 2.14. The third-order valence-electron chi connectivity index (χ3n) is 3.69. The molecule has 0 amide bonds. The van der Waals surface area contributed by atoms with Crippen molar-refractivity contribution in [3.63, 3.8) is 0 Å². The number of rotatable bonds is 3. The minimum atomic E-state index is -0.0655. The van der Waals surface area contributed by atoms with E-state index < -0.39 is 0 Å². The van der Waals surface area contributed by atoms with Gasteiger partial charge in [-0.25, -0.2) is 0 Å². The lowest BCUT2D eigenvalue weighted by Gasteiger charge is -2.07. The standard InChI is InChI=1S/C16H13N5OS/c1-20-14(22)12-6-2-3-7-13(12)21-15(20)18-19-16(21)23-10-11-5-4-8-17-9-11/h2-9H,10H2,1H3. The van der Waals surface area contributed by atoms with E-state index in [9.17, 15) is 4.79 Å². The van der Waals surface area contributed by atoms with Crippen LogP contribution in [0, 0.1) is 0 Å². The molecule has 0 aliphatic rings. The molecule has 0 N–H and O–H groups in total. The van der Waals surface area contributed by atoms with E-state index in [1.54, 1.807) is 25.0 Å². The minimum absolute atomic E-state index is 0.0655. The van der Waals surface area contributed by atoms with Crippen LogP contribution < -0.4 is 5.56 Å². The van der Waals surface area contributed by atoms with Gasteiger partial charge in [0.2, 0.25) is 5.78 Å². The summed E-state index contributed by atoms with van der Waals surface area (Å²) in [6.07, 6.45) is 3.59. The molecule has 0 aliphatic carbocycles. The maximum atomic E-state index is 12.4. The number of pyridine rings is 1. The molecule has 0 saturated heterocycles. The quantitative estimate of drug-likeness (QED) is 0.541. The molecule has 0 atom stereocenters. The van der Waals surface area contributed by atoms with Gasteiger partial charge in [-0.1, -0.05) is 30.0 Å². The van der Waals surface area contributed by atoms with Crippen molar-refractivity contribution in [3.8, 4) is 0 Å². The first-order chi connectivity index (χ1) is 11.3. The largest absolute Gasteiger partial charge is 0.279 e. The fraction of sp³-hybridized carbons (Fsp3) is 0.125. The SMILES string of the molecule is Cn1c(=O)c2ccccc2n2c(SCc3cccnc3)nnc12. The van der Waals surface area contributed by atoms with Gasteiger partial charge in [0.15, 0.2) is 5.16 Å². The lowest BCUT2D eigenvalue weighted by Crippen LogP contribution is -2.20. The van der Waals surface area contributed by atoms with Crippen molar-refractivity contribution < 1.29 is 0 Å². The van der Waals surface area contributed by atoms with Crippen LogP contribution in [0.25, 0.3) is 16.7 Å². The number of benzene rings is 1. The lowest BCUT2D eigenvalue weighted by molar-refractivity contribution is 0.853. The van der Waals surface area contributed by atoms with Crippen LogP contribution in [-0.2, 0) is 12.8 Å². The molecule has 0 fully saturated rings. The highest BCUT2D eigenvalue weighted by Crippen LogP contribution is 2.23. The Bertz CT molecular complexity index is 1050. The number of para-hydroxylation sites is 1. The average Bonchev–Trinajstić information content (AvgIpc) is 3.03. The summed E-state index contributed by atoms with van der Waals surface area (Å²) in [5, 5.41) is 9.86. The maximum absolute atomic E-state index is 12.4. The molecule has 114 valence electrons. The van der Waals surface area contributed by atoms with Crippen LogP contribution in [0.5, 0.6) is 0 Å². The number of aryl methyl sites for hydroxylation is 1. The molecule has 7 heteroatoms. The molecule has 0 saturated carbocycles. The molecule has 6 nitrogen and oxygen atoms in total. The summed E-state index contributed by atoms with van der Waals surface area (Å²) in [6.45, 7) is 0. The average molecular weight is 323 g/mol. The van der Waals surface area contributed by atoms with Gasteiger partial charge in [-0.2, -0.15) is 0 Å². The highest BCUT2D eigenvalue weighted by atomic mass is 32.2. The zero-order chi connectivity index (χ0) is 15.8. The summed E-state index contributed by atoms with van der Waals surface area (Å²) in [5.41, 5.74) is 1.87. The zero-order valence-electron chi connectivity index (χ0n) is 12.4. The predicted molar refractivity (Wildman–Crippen MR) is 89.5 cm³/mol. The van der Waals surface area contributed by atoms with Gasteiger partial charge in [-0.15, -0.1) is 10.2 Å². The van der Waals surface area contributed by atoms with Gasteiger partial charge < -0.3 is 0 Å². The lowest BCUT2D eigenvalue weighted by atomic mass is 10.2. The van der Waals surface area contributed by atoms with Gasteiger partial charge in [0, 0.05) is 25.2 Å². The van der Waals surface area contributed by atoms with Gasteiger partial charge >= 0.3 is 0 Å². The Kier molecular flexibility index (Phi) is 3.34.